The van der Waals surface area contributed by atoms with Crippen LogP contribution in [0.3, 0.4) is 0 Å². The summed E-state index contributed by atoms with van der Waals surface area (Å²) in [6, 6.07) is 6.45. The van der Waals surface area contributed by atoms with Crippen LogP contribution in [0.4, 0.5) is 13.2 Å². The molecule has 0 heterocycles. The van der Waals surface area contributed by atoms with Gasteiger partial charge in [-0.3, -0.25) is 0 Å². The van der Waals surface area contributed by atoms with Gasteiger partial charge in [-0.25, -0.2) is 4.99 Å². The van der Waals surface area contributed by atoms with Crippen molar-refractivity contribution in [2.75, 3.05) is 26.2 Å². The van der Waals surface area contributed by atoms with Crippen molar-refractivity contribution in [1.82, 2.24) is 16.0 Å². The molecule has 0 spiro atoms. The van der Waals surface area contributed by atoms with E-state index in [-0.39, 0.29) is 35.3 Å². The van der Waals surface area contributed by atoms with Crippen LogP contribution in [0.25, 0.3) is 0 Å². The van der Waals surface area contributed by atoms with Gasteiger partial charge in [0.05, 0.1) is 6.54 Å². The van der Waals surface area contributed by atoms with Crippen LogP contribution in [0.15, 0.2) is 29.3 Å². The smallest absolute Gasteiger partial charge is 0.422 e. The molecule has 1 aromatic carbocycles. The molecular weight excluding hydrogens is 472 g/mol. The van der Waals surface area contributed by atoms with E-state index in [4.69, 9.17) is 0 Å². The lowest BCUT2D eigenvalue weighted by Gasteiger charge is -2.21. The maximum Gasteiger partial charge on any atom is 0.422 e. The normalized spacial score (nSPS) is 12.3. The molecule has 0 amide bonds. The van der Waals surface area contributed by atoms with E-state index >= 15 is 0 Å². The molecule has 0 atom stereocenters. The fourth-order valence-electron chi connectivity index (χ4n) is 1.99. The van der Waals surface area contributed by atoms with Crippen molar-refractivity contribution >= 4 is 29.9 Å². The number of hydrogen-bond acceptors (Lipinski definition) is 3. The summed E-state index contributed by atoms with van der Waals surface area (Å²) in [6.07, 6.45) is -4.34. The van der Waals surface area contributed by atoms with Crippen LogP contribution >= 0.6 is 24.0 Å². The quantitative estimate of drug-likeness (QED) is 0.220. The second-order valence-electron chi connectivity index (χ2n) is 6.85. The lowest BCUT2D eigenvalue weighted by Crippen LogP contribution is -2.44. The number of aliphatic imine (C=N–C) groups is 1. The molecule has 1 aromatic rings. The summed E-state index contributed by atoms with van der Waals surface area (Å²) in [5.74, 6) is 0.883. The summed E-state index contributed by atoms with van der Waals surface area (Å²) in [7, 11) is 0. The fraction of sp³-hybridized carbons (Fsp3) is 0.611. The molecular formula is C18H30F3IN4O. The monoisotopic (exact) mass is 502 g/mol. The highest BCUT2D eigenvalue weighted by Crippen LogP contribution is 2.19. The molecule has 9 heteroatoms. The van der Waals surface area contributed by atoms with Gasteiger partial charge in [0.2, 0.25) is 0 Å². The maximum absolute atomic E-state index is 12.1. The van der Waals surface area contributed by atoms with Crippen molar-refractivity contribution in [1.29, 1.82) is 0 Å². The van der Waals surface area contributed by atoms with Gasteiger partial charge in [-0.2, -0.15) is 13.2 Å². The number of ether oxygens (including phenoxy) is 1. The summed E-state index contributed by atoms with van der Waals surface area (Å²) in [5.41, 5.74) is 0.946. The van der Waals surface area contributed by atoms with E-state index in [9.17, 15) is 13.2 Å². The van der Waals surface area contributed by atoms with Crippen LogP contribution < -0.4 is 20.7 Å². The van der Waals surface area contributed by atoms with Crippen molar-refractivity contribution in [2.24, 2.45) is 4.99 Å². The number of halogens is 4. The summed E-state index contributed by atoms with van der Waals surface area (Å²) in [5, 5.41) is 9.78. The Morgan fingerprint density at radius 1 is 1.04 bits per heavy atom. The van der Waals surface area contributed by atoms with Gasteiger partial charge in [0.15, 0.2) is 12.6 Å². The first-order valence-corrected chi connectivity index (χ1v) is 8.65. The van der Waals surface area contributed by atoms with E-state index in [1.807, 2.05) is 6.92 Å². The van der Waals surface area contributed by atoms with Crippen LogP contribution in [0.1, 0.15) is 33.3 Å². The summed E-state index contributed by atoms with van der Waals surface area (Å²) in [4.78, 5) is 4.48. The van der Waals surface area contributed by atoms with Crippen LogP contribution in [0, 0.1) is 0 Å². The predicted molar refractivity (Wildman–Crippen MR) is 114 cm³/mol. The second-order valence-corrected chi connectivity index (χ2v) is 6.85. The van der Waals surface area contributed by atoms with E-state index < -0.39 is 12.8 Å². The number of guanidine groups is 1. The number of rotatable bonds is 8. The zero-order valence-electron chi connectivity index (χ0n) is 16.2. The summed E-state index contributed by atoms with van der Waals surface area (Å²) >= 11 is 0. The standard InChI is InChI=1S/C18H29F3N4O.HI/c1-5-22-16(23-10-11-25-17(2,3)4)24-12-14-6-8-15(9-7-14)26-13-18(19,20)21;/h6-9,25H,5,10-13H2,1-4H3,(H2,22,23,24);1H. The van der Waals surface area contributed by atoms with Gasteiger partial charge in [-0.15, -0.1) is 24.0 Å². The second kappa shape index (κ2) is 12.3. The Hall–Kier alpha value is -1.23. The topological polar surface area (TPSA) is 57.7 Å². The Balaban J connectivity index is 0.00000676. The Labute approximate surface area is 176 Å². The molecule has 0 unspecified atom stereocenters. The van der Waals surface area contributed by atoms with Gasteiger partial charge in [0.1, 0.15) is 5.75 Å². The van der Waals surface area contributed by atoms with Gasteiger partial charge < -0.3 is 20.7 Å². The first-order chi connectivity index (χ1) is 12.1. The highest BCUT2D eigenvalue weighted by Gasteiger charge is 2.28. The molecule has 5 nitrogen and oxygen atoms in total. The molecule has 0 aromatic heterocycles. The number of alkyl halides is 3. The van der Waals surface area contributed by atoms with Gasteiger partial charge in [-0.1, -0.05) is 12.1 Å². The zero-order valence-corrected chi connectivity index (χ0v) is 18.6. The molecule has 0 radical (unpaired) electrons. The van der Waals surface area contributed by atoms with Crippen molar-refractivity contribution < 1.29 is 17.9 Å². The van der Waals surface area contributed by atoms with E-state index in [0.29, 0.717) is 12.5 Å². The lowest BCUT2D eigenvalue weighted by atomic mass is 10.1. The molecule has 0 aliphatic rings. The maximum atomic E-state index is 12.1. The van der Waals surface area contributed by atoms with E-state index in [0.717, 1.165) is 25.2 Å². The largest absolute Gasteiger partial charge is 0.484 e. The minimum atomic E-state index is -4.34. The average Bonchev–Trinajstić information content (AvgIpc) is 2.54. The minimum absolute atomic E-state index is 0. The first kappa shape index (κ1) is 25.8. The van der Waals surface area contributed by atoms with Gasteiger partial charge >= 0.3 is 6.18 Å². The molecule has 0 fully saturated rings. The van der Waals surface area contributed by atoms with Crippen molar-refractivity contribution in [3.05, 3.63) is 29.8 Å². The highest BCUT2D eigenvalue weighted by atomic mass is 127. The van der Waals surface area contributed by atoms with E-state index in [1.54, 1.807) is 12.1 Å². The molecule has 156 valence electrons. The number of hydrogen-bond donors (Lipinski definition) is 3. The minimum Gasteiger partial charge on any atom is -0.484 e. The third-order valence-corrected chi connectivity index (χ3v) is 3.16. The lowest BCUT2D eigenvalue weighted by molar-refractivity contribution is -0.153. The molecule has 27 heavy (non-hydrogen) atoms. The van der Waals surface area contributed by atoms with Crippen LogP contribution in [-0.2, 0) is 6.54 Å². The Kier molecular flexibility index (Phi) is 11.7. The molecule has 3 N–H and O–H groups in total. The fourth-order valence-corrected chi connectivity index (χ4v) is 1.99. The van der Waals surface area contributed by atoms with Gasteiger partial charge in [-0.05, 0) is 45.4 Å². The van der Waals surface area contributed by atoms with Crippen molar-refractivity contribution in [2.45, 2.75) is 46.0 Å². The van der Waals surface area contributed by atoms with Crippen LogP contribution in [-0.4, -0.2) is 43.9 Å². The molecule has 1 rings (SSSR count). The Morgan fingerprint density at radius 3 is 2.19 bits per heavy atom. The summed E-state index contributed by atoms with van der Waals surface area (Å²) in [6.45, 7) is 9.70. The van der Waals surface area contributed by atoms with Crippen LogP contribution in [0.5, 0.6) is 5.75 Å². The SMILES string of the molecule is CCNC(=NCc1ccc(OCC(F)(F)F)cc1)NCCNC(C)(C)C.I. The van der Waals surface area contributed by atoms with Gasteiger partial charge in [0, 0.05) is 25.2 Å². The zero-order chi connectivity index (χ0) is 19.6. The number of nitrogens with one attached hydrogen (secondary N) is 3. The predicted octanol–water partition coefficient (Wildman–Crippen LogP) is 3.69. The van der Waals surface area contributed by atoms with E-state index in [1.165, 1.54) is 12.1 Å². The van der Waals surface area contributed by atoms with Crippen LogP contribution in [0.2, 0.25) is 0 Å². The first-order valence-electron chi connectivity index (χ1n) is 8.65. The van der Waals surface area contributed by atoms with E-state index in [2.05, 4.69) is 46.5 Å². The average molecular weight is 502 g/mol. The third kappa shape index (κ3) is 13.6. The molecule has 0 saturated heterocycles. The van der Waals surface area contributed by atoms with Gasteiger partial charge in [0.25, 0.3) is 0 Å². The molecule has 0 bridgehead atoms. The highest BCUT2D eigenvalue weighted by molar-refractivity contribution is 14.0. The molecule has 0 aliphatic heterocycles. The number of nitrogens with zero attached hydrogens (tertiary/aromatic N) is 1. The van der Waals surface area contributed by atoms with Crippen molar-refractivity contribution in [3.8, 4) is 5.75 Å². The van der Waals surface area contributed by atoms with Crippen molar-refractivity contribution in [3.63, 3.8) is 0 Å². The molecule has 0 aliphatic carbocycles. The Bertz CT molecular complexity index is 557. The summed E-state index contributed by atoms with van der Waals surface area (Å²) < 4.78 is 41.1. The number of benzene rings is 1. The Morgan fingerprint density at radius 2 is 1.67 bits per heavy atom. The molecule has 0 saturated carbocycles. The third-order valence-electron chi connectivity index (χ3n) is 3.16.